The van der Waals surface area contributed by atoms with Gasteiger partial charge in [-0.05, 0) is 19.3 Å². The van der Waals surface area contributed by atoms with Crippen LogP contribution in [0.1, 0.15) is 25.7 Å². The highest BCUT2D eigenvalue weighted by Crippen LogP contribution is 2.12. The van der Waals surface area contributed by atoms with E-state index in [2.05, 4.69) is 5.32 Å². The standard InChI is InChI=1S/C10H15NO6/c12-8(13)4-3-6(10(15)16)11-9(14)7-2-1-5-17-7/h6-7H,1-5H2,(H,11,14)(H,12,13)(H,15,16)/t6-,7?/m0/s1. The molecular weight excluding hydrogens is 230 g/mol. The van der Waals surface area contributed by atoms with Gasteiger partial charge >= 0.3 is 11.9 Å². The molecule has 1 amide bonds. The van der Waals surface area contributed by atoms with E-state index in [0.717, 1.165) is 6.42 Å². The largest absolute Gasteiger partial charge is 0.481 e. The molecule has 0 aromatic carbocycles. The zero-order valence-electron chi connectivity index (χ0n) is 9.22. The van der Waals surface area contributed by atoms with Gasteiger partial charge in [-0.15, -0.1) is 0 Å². The average Bonchev–Trinajstić information content (AvgIpc) is 2.76. The van der Waals surface area contributed by atoms with Crippen molar-refractivity contribution in [1.29, 1.82) is 0 Å². The summed E-state index contributed by atoms with van der Waals surface area (Å²) in [4.78, 5) is 32.7. The summed E-state index contributed by atoms with van der Waals surface area (Å²) in [5, 5.41) is 19.6. The number of aliphatic carboxylic acids is 2. The quantitative estimate of drug-likeness (QED) is 0.586. The lowest BCUT2D eigenvalue weighted by molar-refractivity contribution is -0.144. The first-order chi connectivity index (χ1) is 8.00. The van der Waals surface area contributed by atoms with Gasteiger partial charge in [0, 0.05) is 13.0 Å². The lowest BCUT2D eigenvalue weighted by atomic mass is 10.1. The van der Waals surface area contributed by atoms with Crippen LogP contribution in [0.2, 0.25) is 0 Å². The first kappa shape index (κ1) is 13.4. The molecule has 0 radical (unpaired) electrons. The molecule has 3 N–H and O–H groups in total. The highest BCUT2D eigenvalue weighted by Gasteiger charge is 2.28. The molecule has 0 spiro atoms. The van der Waals surface area contributed by atoms with Crippen molar-refractivity contribution in [1.82, 2.24) is 5.32 Å². The molecule has 96 valence electrons. The van der Waals surface area contributed by atoms with Gasteiger partial charge in [-0.3, -0.25) is 9.59 Å². The maximum Gasteiger partial charge on any atom is 0.326 e. The molecule has 1 saturated heterocycles. The van der Waals surface area contributed by atoms with Crippen molar-refractivity contribution in [2.45, 2.75) is 37.8 Å². The van der Waals surface area contributed by atoms with Gasteiger partial charge in [-0.1, -0.05) is 0 Å². The van der Waals surface area contributed by atoms with Gasteiger partial charge in [0.15, 0.2) is 0 Å². The molecule has 1 aliphatic rings. The van der Waals surface area contributed by atoms with E-state index in [1.165, 1.54) is 0 Å². The monoisotopic (exact) mass is 245 g/mol. The van der Waals surface area contributed by atoms with Gasteiger partial charge in [0.1, 0.15) is 12.1 Å². The van der Waals surface area contributed by atoms with Crippen LogP contribution in [0.25, 0.3) is 0 Å². The highest BCUT2D eigenvalue weighted by molar-refractivity contribution is 5.86. The number of rotatable bonds is 6. The summed E-state index contributed by atoms with van der Waals surface area (Å²) < 4.78 is 5.10. The molecule has 0 aromatic heterocycles. The van der Waals surface area contributed by atoms with Gasteiger partial charge in [0.25, 0.3) is 0 Å². The van der Waals surface area contributed by atoms with E-state index >= 15 is 0 Å². The lowest BCUT2D eigenvalue weighted by Gasteiger charge is -2.16. The number of hydrogen-bond donors (Lipinski definition) is 3. The molecule has 0 aliphatic carbocycles. The Labute approximate surface area is 97.8 Å². The second-order valence-electron chi connectivity index (χ2n) is 3.83. The number of carboxylic acid groups (broad SMARTS) is 2. The minimum atomic E-state index is -1.24. The second kappa shape index (κ2) is 6.19. The maximum absolute atomic E-state index is 11.6. The van der Waals surface area contributed by atoms with Crippen LogP contribution in [0.4, 0.5) is 0 Å². The minimum absolute atomic E-state index is 0.136. The Balaban J connectivity index is 2.44. The third kappa shape index (κ3) is 4.39. The van der Waals surface area contributed by atoms with E-state index in [4.69, 9.17) is 14.9 Å². The first-order valence-corrected chi connectivity index (χ1v) is 5.37. The predicted molar refractivity (Wildman–Crippen MR) is 55.4 cm³/mol. The smallest absolute Gasteiger partial charge is 0.326 e. The Morgan fingerprint density at radius 2 is 2.06 bits per heavy atom. The highest BCUT2D eigenvalue weighted by atomic mass is 16.5. The fraction of sp³-hybridized carbons (Fsp3) is 0.700. The molecule has 7 nitrogen and oxygen atoms in total. The third-order valence-electron chi connectivity index (χ3n) is 2.48. The average molecular weight is 245 g/mol. The summed E-state index contributed by atoms with van der Waals surface area (Å²) in [6.45, 7) is 0.491. The van der Waals surface area contributed by atoms with Gasteiger partial charge in [-0.25, -0.2) is 4.79 Å². The van der Waals surface area contributed by atoms with Gasteiger partial charge < -0.3 is 20.3 Å². The second-order valence-corrected chi connectivity index (χ2v) is 3.83. The summed E-state index contributed by atoms with van der Waals surface area (Å²) in [6, 6.07) is -1.18. The van der Waals surface area contributed by atoms with E-state index in [-0.39, 0.29) is 12.8 Å². The van der Waals surface area contributed by atoms with E-state index in [9.17, 15) is 14.4 Å². The lowest BCUT2D eigenvalue weighted by Crippen LogP contribution is -2.45. The molecule has 17 heavy (non-hydrogen) atoms. The van der Waals surface area contributed by atoms with Crippen LogP contribution in [0.3, 0.4) is 0 Å². The van der Waals surface area contributed by atoms with Crippen LogP contribution in [0.15, 0.2) is 0 Å². The maximum atomic E-state index is 11.6. The van der Waals surface area contributed by atoms with Crippen molar-refractivity contribution in [2.24, 2.45) is 0 Å². The van der Waals surface area contributed by atoms with Crippen molar-refractivity contribution >= 4 is 17.8 Å². The van der Waals surface area contributed by atoms with E-state index in [0.29, 0.717) is 13.0 Å². The molecular formula is C10H15NO6. The van der Waals surface area contributed by atoms with Crippen LogP contribution < -0.4 is 5.32 Å². The summed E-state index contributed by atoms with van der Waals surface area (Å²) in [5.41, 5.74) is 0. The van der Waals surface area contributed by atoms with Gasteiger partial charge in [-0.2, -0.15) is 0 Å². The topological polar surface area (TPSA) is 113 Å². The third-order valence-corrected chi connectivity index (χ3v) is 2.48. The summed E-state index contributed by atoms with van der Waals surface area (Å²) in [6.07, 6.45) is 0.287. The molecule has 1 aliphatic heterocycles. The Bertz CT molecular complexity index is 310. The zero-order chi connectivity index (χ0) is 12.8. The van der Waals surface area contributed by atoms with Crippen molar-refractivity contribution in [3.05, 3.63) is 0 Å². The number of nitrogens with one attached hydrogen (secondary N) is 1. The summed E-state index contributed by atoms with van der Waals surface area (Å²) in [5.74, 6) is -2.82. The van der Waals surface area contributed by atoms with Gasteiger partial charge in [0.05, 0.1) is 0 Å². The van der Waals surface area contributed by atoms with Crippen LogP contribution in [0.5, 0.6) is 0 Å². The molecule has 1 rings (SSSR count). The first-order valence-electron chi connectivity index (χ1n) is 5.37. The molecule has 0 aromatic rings. The minimum Gasteiger partial charge on any atom is -0.481 e. The zero-order valence-corrected chi connectivity index (χ0v) is 9.22. The number of carboxylic acids is 2. The fourth-order valence-corrected chi connectivity index (χ4v) is 1.57. The summed E-state index contributed by atoms with van der Waals surface area (Å²) in [7, 11) is 0. The Morgan fingerprint density at radius 3 is 2.53 bits per heavy atom. The van der Waals surface area contributed by atoms with Crippen molar-refractivity contribution in [2.75, 3.05) is 6.61 Å². The number of hydrogen-bond acceptors (Lipinski definition) is 4. The van der Waals surface area contributed by atoms with E-state index < -0.39 is 30.0 Å². The molecule has 1 unspecified atom stereocenters. The van der Waals surface area contributed by atoms with E-state index in [1.807, 2.05) is 0 Å². The number of ether oxygens (including phenoxy) is 1. The summed E-state index contributed by atoms with van der Waals surface area (Å²) >= 11 is 0. The predicted octanol–water partition coefficient (Wildman–Crippen LogP) is -0.400. The van der Waals surface area contributed by atoms with Crippen LogP contribution in [-0.4, -0.2) is 46.8 Å². The van der Waals surface area contributed by atoms with Crippen molar-refractivity contribution in [3.63, 3.8) is 0 Å². The fourth-order valence-electron chi connectivity index (χ4n) is 1.57. The van der Waals surface area contributed by atoms with Crippen molar-refractivity contribution in [3.8, 4) is 0 Å². The molecule has 2 atom stereocenters. The number of amides is 1. The van der Waals surface area contributed by atoms with E-state index in [1.54, 1.807) is 0 Å². The number of carbonyl (C=O) groups excluding carboxylic acids is 1. The van der Waals surface area contributed by atoms with Crippen LogP contribution >= 0.6 is 0 Å². The molecule has 1 fully saturated rings. The van der Waals surface area contributed by atoms with Crippen LogP contribution in [-0.2, 0) is 19.1 Å². The van der Waals surface area contributed by atoms with Gasteiger partial charge in [0.2, 0.25) is 5.91 Å². The Kier molecular flexibility index (Phi) is 4.89. The normalized spacial score (nSPS) is 20.8. The SMILES string of the molecule is O=C(O)CC[C@H](NC(=O)C1CCCO1)C(=O)O. The van der Waals surface area contributed by atoms with Crippen LogP contribution in [0, 0.1) is 0 Å². The number of carbonyl (C=O) groups is 3. The molecule has 0 bridgehead atoms. The van der Waals surface area contributed by atoms with Crippen molar-refractivity contribution < 1.29 is 29.3 Å². The Morgan fingerprint density at radius 1 is 1.35 bits per heavy atom. The molecule has 7 heteroatoms. The Hall–Kier alpha value is -1.63. The molecule has 1 heterocycles. The molecule has 0 saturated carbocycles.